The molecule has 102 valence electrons. The highest BCUT2D eigenvalue weighted by Gasteiger charge is 2.36. The number of hydrogen-bond acceptors (Lipinski definition) is 4. The SMILES string of the molecule is CCOc1ccc(N2C(C)C(=O)NC(=O)C2C)cc1. The predicted octanol–water partition coefficient (Wildman–Crippen LogP) is 1.33. The Hall–Kier alpha value is -2.04. The number of nitrogens with zero attached hydrogens (tertiary/aromatic N) is 1. The number of piperazine rings is 1. The topological polar surface area (TPSA) is 58.6 Å². The zero-order valence-electron chi connectivity index (χ0n) is 11.3. The summed E-state index contributed by atoms with van der Waals surface area (Å²) in [6.45, 7) is 6.10. The maximum Gasteiger partial charge on any atom is 0.249 e. The van der Waals surface area contributed by atoms with E-state index in [9.17, 15) is 9.59 Å². The first-order valence-corrected chi connectivity index (χ1v) is 6.40. The first-order valence-electron chi connectivity index (χ1n) is 6.40. The lowest BCUT2D eigenvalue weighted by atomic mass is 10.1. The number of benzene rings is 1. The third-order valence-electron chi connectivity index (χ3n) is 3.29. The molecule has 5 nitrogen and oxygen atoms in total. The number of rotatable bonds is 3. The van der Waals surface area contributed by atoms with Crippen molar-refractivity contribution in [2.75, 3.05) is 11.5 Å². The van der Waals surface area contributed by atoms with Crippen molar-refractivity contribution in [2.24, 2.45) is 0 Å². The zero-order chi connectivity index (χ0) is 14.0. The number of amides is 2. The predicted molar refractivity (Wildman–Crippen MR) is 72.2 cm³/mol. The molecular weight excluding hydrogens is 244 g/mol. The molecule has 0 aliphatic carbocycles. The summed E-state index contributed by atoms with van der Waals surface area (Å²) >= 11 is 0. The molecule has 1 saturated heterocycles. The van der Waals surface area contributed by atoms with Crippen LogP contribution in [0.5, 0.6) is 5.75 Å². The van der Waals surface area contributed by atoms with E-state index in [4.69, 9.17) is 4.74 Å². The number of anilines is 1. The Bertz CT molecular complexity index is 464. The van der Waals surface area contributed by atoms with Crippen LogP contribution in [0, 0.1) is 0 Å². The lowest BCUT2D eigenvalue weighted by molar-refractivity contribution is -0.134. The molecule has 2 amide bonds. The van der Waals surface area contributed by atoms with Gasteiger partial charge in [0.15, 0.2) is 0 Å². The molecule has 1 aromatic carbocycles. The van der Waals surface area contributed by atoms with Gasteiger partial charge in [0.1, 0.15) is 17.8 Å². The fourth-order valence-corrected chi connectivity index (χ4v) is 2.25. The Labute approximate surface area is 112 Å². The molecular formula is C14H18N2O3. The molecule has 1 aromatic rings. The van der Waals surface area contributed by atoms with Gasteiger partial charge in [0.2, 0.25) is 11.8 Å². The second kappa shape index (κ2) is 5.30. The van der Waals surface area contributed by atoms with Gasteiger partial charge in [0.05, 0.1) is 6.61 Å². The number of hydrogen-bond donors (Lipinski definition) is 1. The fraction of sp³-hybridized carbons (Fsp3) is 0.429. The normalized spacial score (nSPS) is 23.2. The van der Waals surface area contributed by atoms with Crippen LogP contribution in [0.3, 0.4) is 0 Å². The van der Waals surface area contributed by atoms with E-state index in [1.54, 1.807) is 13.8 Å². The van der Waals surface area contributed by atoms with Crippen LogP contribution in [0.15, 0.2) is 24.3 Å². The average Bonchev–Trinajstić information content (AvgIpc) is 2.39. The second-order valence-corrected chi connectivity index (χ2v) is 4.54. The molecule has 2 atom stereocenters. The van der Waals surface area contributed by atoms with E-state index in [-0.39, 0.29) is 23.9 Å². The van der Waals surface area contributed by atoms with Gasteiger partial charge >= 0.3 is 0 Å². The van der Waals surface area contributed by atoms with Crippen molar-refractivity contribution in [3.63, 3.8) is 0 Å². The van der Waals surface area contributed by atoms with Gasteiger partial charge < -0.3 is 9.64 Å². The average molecular weight is 262 g/mol. The minimum Gasteiger partial charge on any atom is -0.494 e. The maximum atomic E-state index is 11.7. The van der Waals surface area contributed by atoms with E-state index in [2.05, 4.69) is 5.32 Å². The van der Waals surface area contributed by atoms with Crippen LogP contribution >= 0.6 is 0 Å². The lowest BCUT2D eigenvalue weighted by Gasteiger charge is -2.38. The fourth-order valence-electron chi connectivity index (χ4n) is 2.25. The highest BCUT2D eigenvalue weighted by Crippen LogP contribution is 2.25. The van der Waals surface area contributed by atoms with Crippen LogP contribution in [0.25, 0.3) is 0 Å². The molecule has 0 saturated carbocycles. The molecule has 1 aliphatic rings. The highest BCUT2D eigenvalue weighted by molar-refractivity contribution is 6.06. The second-order valence-electron chi connectivity index (χ2n) is 4.54. The molecule has 2 unspecified atom stereocenters. The summed E-state index contributed by atoms with van der Waals surface area (Å²) in [6, 6.07) is 6.68. The van der Waals surface area contributed by atoms with Crippen molar-refractivity contribution < 1.29 is 14.3 Å². The van der Waals surface area contributed by atoms with E-state index in [0.29, 0.717) is 6.61 Å². The Kier molecular flexibility index (Phi) is 3.74. The quantitative estimate of drug-likeness (QED) is 0.835. The Morgan fingerprint density at radius 1 is 1.11 bits per heavy atom. The van der Waals surface area contributed by atoms with Crippen molar-refractivity contribution >= 4 is 17.5 Å². The van der Waals surface area contributed by atoms with E-state index in [1.165, 1.54) is 0 Å². The molecule has 0 radical (unpaired) electrons. The number of imide groups is 1. The van der Waals surface area contributed by atoms with Crippen molar-refractivity contribution in [2.45, 2.75) is 32.9 Å². The molecule has 2 rings (SSSR count). The van der Waals surface area contributed by atoms with Gasteiger partial charge in [-0.05, 0) is 45.0 Å². The molecule has 5 heteroatoms. The van der Waals surface area contributed by atoms with Crippen molar-refractivity contribution in [3.8, 4) is 5.75 Å². The van der Waals surface area contributed by atoms with Crippen LogP contribution in [0.2, 0.25) is 0 Å². The van der Waals surface area contributed by atoms with E-state index >= 15 is 0 Å². The molecule has 1 heterocycles. The van der Waals surface area contributed by atoms with Gasteiger partial charge in [0.25, 0.3) is 0 Å². The Morgan fingerprint density at radius 2 is 1.63 bits per heavy atom. The van der Waals surface area contributed by atoms with Crippen LogP contribution in [-0.4, -0.2) is 30.5 Å². The number of carbonyl (C=O) groups is 2. The summed E-state index contributed by atoms with van der Waals surface area (Å²) in [5.74, 6) is 0.244. The number of nitrogens with one attached hydrogen (secondary N) is 1. The van der Waals surface area contributed by atoms with Gasteiger partial charge in [0, 0.05) is 5.69 Å². The Morgan fingerprint density at radius 3 is 2.11 bits per heavy atom. The van der Waals surface area contributed by atoms with Crippen molar-refractivity contribution in [1.82, 2.24) is 5.32 Å². The summed E-state index contributed by atoms with van der Waals surface area (Å²) in [7, 11) is 0. The van der Waals surface area contributed by atoms with Gasteiger partial charge in [-0.3, -0.25) is 14.9 Å². The molecule has 1 aliphatic heterocycles. The van der Waals surface area contributed by atoms with Crippen LogP contribution in [0.1, 0.15) is 20.8 Å². The summed E-state index contributed by atoms with van der Waals surface area (Å²) in [5, 5.41) is 2.37. The van der Waals surface area contributed by atoms with Gasteiger partial charge in [-0.15, -0.1) is 0 Å². The third kappa shape index (κ3) is 2.54. The Balaban J connectivity index is 2.27. The molecule has 0 spiro atoms. The van der Waals surface area contributed by atoms with Crippen molar-refractivity contribution in [3.05, 3.63) is 24.3 Å². The summed E-state index contributed by atoms with van der Waals surface area (Å²) in [4.78, 5) is 25.2. The van der Waals surface area contributed by atoms with E-state index in [1.807, 2.05) is 36.1 Å². The summed E-state index contributed by atoms with van der Waals surface area (Å²) in [5.41, 5.74) is 0.839. The monoisotopic (exact) mass is 262 g/mol. The number of carbonyl (C=O) groups excluding carboxylic acids is 2. The molecule has 19 heavy (non-hydrogen) atoms. The molecule has 0 aromatic heterocycles. The largest absolute Gasteiger partial charge is 0.494 e. The first kappa shape index (κ1) is 13.4. The standard InChI is InChI=1S/C14H18N2O3/c1-4-19-12-7-5-11(6-8-12)16-9(2)13(17)15-14(18)10(16)3/h5-10H,4H2,1-3H3,(H,15,17,18). The van der Waals surface area contributed by atoms with Gasteiger partial charge in [-0.25, -0.2) is 0 Å². The summed E-state index contributed by atoms with van der Waals surface area (Å²) in [6.07, 6.45) is 0. The zero-order valence-corrected chi connectivity index (χ0v) is 11.3. The molecule has 0 bridgehead atoms. The maximum absolute atomic E-state index is 11.7. The highest BCUT2D eigenvalue weighted by atomic mass is 16.5. The molecule has 1 N–H and O–H groups in total. The van der Waals surface area contributed by atoms with Gasteiger partial charge in [-0.1, -0.05) is 0 Å². The van der Waals surface area contributed by atoms with Gasteiger partial charge in [-0.2, -0.15) is 0 Å². The van der Waals surface area contributed by atoms with Crippen LogP contribution in [-0.2, 0) is 9.59 Å². The minimum atomic E-state index is -0.370. The smallest absolute Gasteiger partial charge is 0.249 e. The van der Waals surface area contributed by atoms with Crippen LogP contribution in [0.4, 0.5) is 5.69 Å². The van der Waals surface area contributed by atoms with E-state index < -0.39 is 0 Å². The minimum absolute atomic E-state index is 0.267. The lowest BCUT2D eigenvalue weighted by Crippen LogP contribution is -2.61. The molecule has 1 fully saturated rings. The van der Waals surface area contributed by atoms with E-state index in [0.717, 1.165) is 11.4 Å². The third-order valence-corrected chi connectivity index (χ3v) is 3.29. The number of ether oxygens (including phenoxy) is 1. The van der Waals surface area contributed by atoms with Crippen molar-refractivity contribution in [1.29, 1.82) is 0 Å². The first-order chi connectivity index (χ1) is 9.04. The van der Waals surface area contributed by atoms with Crippen LogP contribution < -0.4 is 15.0 Å². The summed E-state index contributed by atoms with van der Waals surface area (Å²) < 4.78 is 5.38.